The van der Waals surface area contributed by atoms with Gasteiger partial charge in [-0.1, -0.05) is 46.8 Å². The third kappa shape index (κ3) is 2.77. The summed E-state index contributed by atoms with van der Waals surface area (Å²) in [6.45, 7) is 0. The second kappa shape index (κ2) is 5.89. The molecule has 0 radical (unpaired) electrons. The Bertz CT molecular complexity index is 662. The van der Waals surface area contributed by atoms with Gasteiger partial charge in [0.25, 0.3) is 0 Å². The van der Waals surface area contributed by atoms with Crippen LogP contribution in [-0.2, 0) is 0 Å². The Kier molecular flexibility index (Phi) is 4.13. The van der Waals surface area contributed by atoms with Gasteiger partial charge in [0.05, 0.1) is 0 Å². The van der Waals surface area contributed by atoms with E-state index >= 15 is 0 Å². The van der Waals surface area contributed by atoms with Gasteiger partial charge >= 0.3 is 0 Å². The van der Waals surface area contributed by atoms with E-state index in [1.807, 2.05) is 18.2 Å². The van der Waals surface area contributed by atoms with Gasteiger partial charge in [-0.2, -0.15) is 0 Å². The number of aromatic nitrogens is 2. The highest BCUT2D eigenvalue weighted by Crippen LogP contribution is 2.38. The molecule has 4 N–H and O–H groups in total. The minimum absolute atomic E-state index is 0.401. The molecule has 0 spiro atoms. The maximum absolute atomic E-state index is 6.17. The summed E-state index contributed by atoms with van der Waals surface area (Å²) in [7, 11) is 0. The number of hydrogen-bond acceptors (Lipinski definition) is 3. The van der Waals surface area contributed by atoms with Crippen LogP contribution in [0.15, 0.2) is 22.7 Å². The number of nitrogens with two attached hydrogens (primary N) is 2. The number of benzene rings is 1. The normalized spacial score (nSPS) is 16.3. The predicted molar refractivity (Wildman–Crippen MR) is 90.8 cm³/mol. The second-order valence-electron chi connectivity index (χ2n) is 5.53. The van der Waals surface area contributed by atoms with Gasteiger partial charge in [-0.25, -0.2) is 9.66 Å². The molecule has 1 heterocycles. The first-order chi connectivity index (χ1) is 10.1. The molecule has 112 valence electrons. The highest BCUT2D eigenvalue weighted by atomic mass is 79.9. The van der Waals surface area contributed by atoms with Crippen LogP contribution in [0.4, 0.5) is 5.82 Å². The van der Waals surface area contributed by atoms with E-state index in [1.165, 1.54) is 19.3 Å². The summed E-state index contributed by atoms with van der Waals surface area (Å²) in [5.74, 6) is 7.91. The van der Waals surface area contributed by atoms with E-state index in [4.69, 9.17) is 28.2 Å². The Labute approximate surface area is 137 Å². The van der Waals surface area contributed by atoms with Gasteiger partial charge in [-0.05, 0) is 31.0 Å². The molecule has 1 aliphatic rings. The summed E-state index contributed by atoms with van der Waals surface area (Å²) < 4.78 is 2.45. The van der Waals surface area contributed by atoms with E-state index in [0.717, 1.165) is 28.7 Å². The van der Waals surface area contributed by atoms with E-state index in [2.05, 4.69) is 15.9 Å². The third-order valence-electron chi connectivity index (χ3n) is 4.13. The lowest BCUT2D eigenvalue weighted by Gasteiger charge is -2.20. The zero-order chi connectivity index (χ0) is 15.0. The average molecular weight is 370 g/mol. The van der Waals surface area contributed by atoms with Crippen molar-refractivity contribution in [3.63, 3.8) is 0 Å². The van der Waals surface area contributed by atoms with Crippen molar-refractivity contribution in [1.29, 1.82) is 0 Å². The molecule has 2 aromatic rings. The lowest BCUT2D eigenvalue weighted by atomic mass is 9.89. The molecule has 6 heteroatoms. The van der Waals surface area contributed by atoms with Crippen LogP contribution in [-0.4, -0.2) is 9.66 Å². The quantitative estimate of drug-likeness (QED) is 0.775. The average Bonchev–Trinajstić information content (AvgIpc) is 2.79. The smallest absolute Gasteiger partial charge is 0.150 e. The second-order valence-corrected chi connectivity index (χ2v) is 6.82. The van der Waals surface area contributed by atoms with Crippen LogP contribution < -0.4 is 11.6 Å². The molecular weight excluding hydrogens is 352 g/mol. The summed E-state index contributed by atoms with van der Waals surface area (Å²) in [6, 6.07) is 5.58. The van der Waals surface area contributed by atoms with Crippen molar-refractivity contribution >= 4 is 33.3 Å². The highest BCUT2D eigenvalue weighted by Gasteiger charge is 2.24. The molecular formula is C15H18BrClN4. The first-order valence-electron chi connectivity index (χ1n) is 7.16. The molecule has 1 aromatic heterocycles. The first kappa shape index (κ1) is 14.7. The summed E-state index contributed by atoms with van der Waals surface area (Å²) in [4.78, 5) is 4.73. The van der Waals surface area contributed by atoms with Crippen molar-refractivity contribution in [3.05, 3.63) is 33.5 Å². The van der Waals surface area contributed by atoms with E-state index < -0.39 is 0 Å². The summed E-state index contributed by atoms with van der Waals surface area (Å²) in [5.41, 5.74) is 7.75. The van der Waals surface area contributed by atoms with Gasteiger partial charge < -0.3 is 11.6 Å². The van der Waals surface area contributed by atoms with E-state index in [9.17, 15) is 0 Å². The minimum Gasteiger partial charge on any atom is -0.382 e. The fourth-order valence-corrected chi connectivity index (χ4v) is 3.60. The number of imidazole rings is 1. The molecule has 0 aliphatic heterocycles. The number of nitrogens with zero attached hydrogens (tertiary/aromatic N) is 2. The SMILES string of the molecule is Nc1c(-c2cc(Cl)ccc2Br)nc(C2CCCCC2)n1N. The van der Waals surface area contributed by atoms with Gasteiger partial charge in [-0.15, -0.1) is 0 Å². The molecule has 0 unspecified atom stereocenters. The standard InChI is InChI=1S/C15H18BrClN4/c16-12-7-6-10(17)8-11(12)13-14(18)21(19)15(20-13)9-4-2-1-3-5-9/h6-9H,1-5,18-19H2. The Hall–Kier alpha value is -1.20. The van der Waals surface area contributed by atoms with Crippen LogP contribution >= 0.6 is 27.5 Å². The van der Waals surface area contributed by atoms with Crippen molar-refractivity contribution in [1.82, 2.24) is 9.66 Å². The molecule has 0 atom stereocenters. The lowest BCUT2D eigenvalue weighted by molar-refractivity contribution is 0.424. The Morgan fingerprint density at radius 3 is 2.67 bits per heavy atom. The molecule has 0 bridgehead atoms. The van der Waals surface area contributed by atoms with Crippen LogP contribution in [0.5, 0.6) is 0 Å². The van der Waals surface area contributed by atoms with Gasteiger partial charge in [-0.3, -0.25) is 0 Å². The van der Waals surface area contributed by atoms with Crippen LogP contribution in [0.2, 0.25) is 5.02 Å². The summed E-state index contributed by atoms with van der Waals surface area (Å²) in [5, 5.41) is 0.651. The third-order valence-corrected chi connectivity index (χ3v) is 5.06. The Morgan fingerprint density at radius 2 is 1.95 bits per heavy atom. The largest absolute Gasteiger partial charge is 0.382 e. The zero-order valence-corrected chi connectivity index (χ0v) is 14.0. The predicted octanol–water partition coefficient (Wildman–Crippen LogP) is 4.31. The molecule has 1 aliphatic carbocycles. The van der Waals surface area contributed by atoms with Crippen molar-refractivity contribution in [3.8, 4) is 11.3 Å². The molecule has 1 fully saturated rings. The number of halogens is 2. The maximum Gasteiger partial charge on any atom is 0.150 e. The monoisotopic (exact) mass is 368 g/mol. The summed E-state index contributed by atoms with van der Waals surface area (Å²) in [6.07, 6.45) is 6.01. The molecule has 1 aromatic carbocycles. The number of rotatable bonds is 2. The minimum atomic E-state index is 0.401. The fourth-order valence-electron chi connectivity index (χ4n) is 2.99. The molecule has 21 heavy (non-hydrogen) atoms. The van der Waals surface area contributed by atoms with Gasteiger partial charge in [0, 0.05) is 21.0 Å². The van der Waals surface area contributed by atoms with E-state index in [1.54, 1.807) is 4.68 Å². The molecule has 4 nitrogen and oxygen atoms in total. The first-order valence-corrected chi connectivity index (χ1v) is 8.33. The van der Waals surface area contributed by atoms with Crippen LogP contribution in [0.1, 0.15) is 43.8 Å². The van der Waals surface area contributed by atoms with Gasteiger partial charge in [0.2, 0.25) is 0 Å². The van der Waals surface area contributed by atoms with Crippen molar-refractivity contribution in [2.24, 2.45) is 0 Å². The van der Waals surface area contributed by atoms with Crippen LogP contribution in [0.3, 0.4) is 0 Å². The topological polar surface area (TPSA) is 69.9 Å². The Morgan fingerprint density at radius 1 is 1.24 bits per heavy atom. The van der Waals surface area contributed by atoms with Crippen LogP contribution in [0, 0.1) is 0 Å². The maximum atomic E-state index is 6.17. The lowest BCUT2D eigenvalue weighted by Crippen LogP contribution is -2.19. The summed E-state index contributed by atoms with van der Waals surface area (Å²) >= 11 is 9.61. The number of anilines is 1. The molecule has 0 saturated heterocycles. The van der Waals surface area contributed by atoms with E-state index in [0.29, 0.717) is 22.5 Å². The van der Waals surface area contributed by atoms with E-state index in [-0.39, 0.29) is 0 Å². The van der Waals surface area contributed by atoms with Crippen molar-refractivity contribution < 1.29 is 0 Å². The molecule has 0 amide bonds. The highest BCUT2D eigenvalue weighted by molar-refractivity contribution is 9.10. The number of hydrogen-bond donors (Lipinski definition) is 2. The van der Waals surface area contributed by atoms with Crippen molar-refractivity contribution in [2.45, 2.75) is 38.0 Å². The molecule has 3 rings (SSSR count). The van der Waals surface area contributed by atoms with Crippen LogP contribution in [0.25, 0.3) is 11.3 Å². The van der Waals surface area contributed by atoms with Crippen molar-refractivity contribution in [2.75, 3.05) is 11.6 Å². The van der Waals surface area contributed by atoms with Gasteiger partial charge in [0.1, 0.15) is 11.5 Å². The Balaban J connectivity index is 2.05. The zero-order valence-electron chi connectivity index (χ0n) is 11.6. The number of nitrogen functional groups attached to an aromatic ring is 2. The van der Waals surface area contributed by atoms with Gasteiger partial charge in [0.15, 0.2) is 5.82 Å². The molecule has 1 saturated carbocycles. The fraction of sp³-hybridized carbons (Fsp3) is 0.400.